The number of carbonyl (C=O) groups is 1. The summed E-state index contributed by atoms with van der Waals surface area (Å²) in [6.07, 6.45) is 4.36. The molecule has 1 saturated heterocycles. The molecule has 0 atom stereocenters. The number of hydrogen-bond acceptors (Lipinski definition) is 4. The molecule has 1 fully saturated rings. The number of benzene rings is 1. The van der Waals surface area contributed by atoms with Gasteiger partial charge in [0.15, 0.2) is 11.5 Å². The molecule has 1 aromatic rings. The molecule has 1 heterocycles. The van der Waals surface area contributed by atoms with Crippen molar-refractivity contribution in [1.82, 2.24) is 9.80 Å². The van der Waals surface area contributed by atoms with Crippen LogP contribution in [-0.4, -0.2) is 62.7 Å². The van der Waals surface area contributed by atoms with Gasteiger partial charge in [-0.15, -0.1) is 0 Å². The number of carbonyl (C=O) groups excluding carboxylic acids is 1. The molecule has 0 radical (unpaired) electrons. The van der Waals surface area contributed by atoms with Crippen LogP contribution < -0.4 is 9.47 Å². The maximum absolute atomic E-state index is 12.4. The van der Waals surface area contributed by atoms with Gasteiger partial charge in [0.25, 0.3) is 0 Å². The van der Waals surface area contributed by atoms with Crippen molar-refractivity contribution in [3.05, 3.63) is 28.8 Å². The SMILES string of the molecule is CCOc1cc(/C=C/C(=O)N2CCCN(C)CC2)cc(Cl)c1OC. The van der Waals surface area contributed by atoms with E-state index in [1.165, 1.54) is 0 Å². The van der Waals surface area contributed by atoms with Crippen LogP contribution in [0, 0.1) is 0 Å². The lowest BCUT2D eigenvalue weighted by Crippen LogP contribution is -2.33. The Hall–Kier alpha value is -1.72. The topological polar surface area (TPSA) is 42.0 Å². The summed E-state index contributed by atoms with van der Waals surface area (Å²) in [5.41, 5.74) is 0.810. The monoisotopic (exact) mass is 352 g/mol. The second-order valence-electron chi connectivity index (χ2n) is 5.78. The lowest BCUT2D eigenvalue weighted by molar-refractivity contribution is -0.125. The fourth-order valence-corrected chi connectivity index (χ4v) is 2.98. The number of amides is 1. The van der Waals surface area contributed by atoms with Gasteiger partial charge < -0.3 is 19.3 Å². The third-order valence-corrected chi connectivity index (χ3v) is 4.27. The Morgan fingerprint density at radius 1 is 1.29 bits per heavy atom. The molecule has 1 aliphatic heterocycles. The van der Waals surface area contributed by atoms with Crippen molar-refractivity contribution in [1.29, 1.82) is 0 Å². The zero-order valence-electron chi connectivity index (χ0n) is 14.5. The molecule has 5 nitrogen and oxygen atoms in total. The minimum Gasteiger partial charge on any atom is -0.491 e. The van der Waals surface area contributed by atoms with Gasteiger partial charge in [0.1, 0.15) is 0 Å². The lowest BCUT2D eigenvalue weighted by Gasteiger charge is -2.18. The first-order chi connectivity index (χ1) is 11.5. The van der Waals surface area contributed by atoms with Gasteiger partial charge >= 0.3 is 0 Å². The molecule has 0 N–H and O–H groups in total. The van der Waals surface area contributed by atoms with Crippen LogP contribution in [0.4, 0.5) is 0 Å². The fourth-order valence-electron chi connectivity index (χ4n) is 2.69. The second kappa shape index (κ2) is 8.94. The van der Waals surface area contributed by atoms with E-state index in [9.17, 15) is 4.79 Å². The molecule has 6 heteroatoms. The van der Waals surface area contributed by atoms with Crippen molar-refractivity contribution in [3.63, 3.8) is 0 Å². The van der Waals surface area contributed by atoms with Crippen LogP contribution in [0.3, 0.4) is 0 Å². The molecule has 0 aromatic heterocycles. The number of ether oxygens (including phenoxy) is 2. The number of methoxy groups -OCH3 is 1. The molecule has 0 aliphatic carbocycles. The lowest BCUT2D eigenvalue weighted by atomic mass is 10.1. The molecule has 2 rings (SSSR count). The van der Waals surface area contributed by atoms with Crippen LogP contribution in [-0.2, 0) is 4.79 Å². The van der Waals surface area contributed by atoms with Crippen LogP contribution in [0.15, 0.2) is 18.2 Å². The molecule has 1 aromatic carbocycles. The first kappa shape index (κ1) is 18.6. The smallest absolute Gasteiger partial charge is 0.246 e. The molecular formula is C18H25ClN2O3. The minimum absolute atomic E-state index is 0.0233. The maximum Gasteiger partial charge on any atom is 0.246 e. The van der Waals surface area contributed by atoms with Crippen molar-refractivity contribution in [3.8, 4) is 11.5 Å². The maximum atomic E-state index is 12.4. The van der Waals surface area contributed by atoms with Crippen molar-refractivity contribution < 1.29 is 14.3 Å². The second-order valence-corrected chi connectivity index (χ2v) is 6.19. The first-order valence-corrected chi connectivity index (χ1v) is 8.58. The predicted octanol–water partition coefficient (Wildman–Crippen LogP) is 2.92. The Morgan fingerprint density at radius 2 is 2.08 bits per heavy atom. The average molecular weight is 353 g/mol. The van der Waals surface area contributed by atoms with Gasteiger partial charge in [-0.3, -0.25) is 4.79 Å². The summed E-state index contributed by atoms with van der Waals surface area (Å²) >= 11 is 6.23. The Morgan fingerprint density at radius 3 is 2.79 bits per heavy atom. The summed E-state index contributed by atoms with van der Waals surface area (Å²) in [7, 11) is 3.64. The van der Waals surface area contributed by atoms with E-state index in [1.807, 2.05) is 17.9 Å². The fraction of sp³-hybridized carbons (Fsp3) is 0.500. The van der Waals surface area contributed by atoms with Gasteiger partial charge in [-0.05, 0) is 50.7 Å². The summed E-state index contributed by atoms with van der Waals surface area (Å²) in [4.78, 5) is 16.5. The summed E-state index contributed by atoms with van der Waals surface area (Å²) in [6.45, 7) is 5.89. The van der Waals surface area contributed by atoms with Gasteiger partial charge in [0, 0.05) is 25.7 Å². The van der Waals surface area contributed by atoms with Gasteiger partial charge in [-0.25, -0.2) is 0 Å². The summed E-state index contributed by atoms with van der Waals surface area (Å²) in [6, 6.07) is 3.59. The third kappa shape index (κ3) is 4.89. The van der Waals surface area contributed by atoms with Crippen LogP contribution in [0.25, 0.3) is 6.08 Å². The molecule has 24 heavy (non-hydrogen) atoms. The van der Waals surface area contributed by atoms with Crippen molar-refractivity contribution in [2.24, 2.45) is 0 Å². The average Bonchev–Trinajstić information content (AvgIpc) is 2.77. The molecule has 132 valence electrons. The molecule has 1 amide bonds. The number of likely N-dealkylation sites (N-methyl/N-ethyl adjacent to an activating group) is 1. The van der Waals surface area contributed by atoms with E-state index >= 15 is 0 Å². The third-order valence-electron chi connectivity index (χ3n) is 3.99. The number of hydrogen-bond donors (Lipinski definition) is 0. The summed E-state index contributed by atoms with van der Waals surface area (Å²) < 4.78 is 10.8. The Balaban J connectivity index is 2.11. The van der Waals surface area contributed by atoms with Crippen LogP contribution in [0.2, 0.25) is 5.02 Å². The Kier molecular flexibility index (Phi) is 6.94. The van der Waals surface area contributed by atoms with Gasteiger partial charge in [-0.1, -0.05) is 11.6 Å². The summed E-state index contributed by atoms with van der Waals surface area (Å²) in [5.74, 6) is 1.11. The summed E-state index contributed by atoms with van der Waals surface area (Å²) in [5, 5.41) is 0.465. The van der Waals surface area contributed by atoms with Crippen molar-refractivity contribution in [2.45, 2.75) is 13.3 Å². The Labute approximate surface area is 148 Å². The number of rotatable bonds is 5. The van der Waals surface area contributed by atoms with Crippen LogP contribution in [0.1, 0.15) is 18.9 Å². The van der Waals surface area contributed by atoms with E-state index < -0.39 is 0 Å². The number of halogens is 1. The highest BCUT2D eigenvalue weighted by atomic mass is 35.5. The number of nitrogens with zero attached hydrogens (tertiary/aromatic N) is 2. The minimum atomic E-state index is 0.0233. The van der Waals surface area contributed by atoms with Crippen molar-refractivity contribution >= 4 is 23.6 Å². The van der Waals surface area contributed by atoms with E-state index in [1.54, 1.807) is 25.3 Å². The Bertz CT molecular complexity index is 604. The molecular weight excluding hydrogens is 328 g/mol. The highest BCUT2D eigenvalue weighted by Crippen LogP contribution is 2.36. The predicted molar refractivity (Wildman–Crippen MR) is 96.9 cm³/mol. The zero-order chi connectivity index (χ0) is 17.5. The molecule has 0 unspecified atom stereocenters. The zero-order valence-corrected chi connectivity index (χ0v) is 15.3. The van der Waals surface area contributed by atoms with Crippen LogP contribution in [0.5, 0.6) is 11.5 Å². The quantitative estimate of drug-likeness (QED) is 0.764. The van der Waals surface area contributed by atoms with Gasteiger partial charge in [0.05, 0.1) is 18.7 Å². The van der Waals surface area contributed by atoms with E-state index in [-0.39, 0.29) is 5.91 Å². The van der Waals surface area contributed by atoms with E-state index in [0.29, 0.717) is 23.1 Å². The van der Waals surface area contributed by atoms with Crippen molar-refractivity contribution in [2.75, 3.05) is 46.9 Å². The molecule has 0 bridgehead atoms. The molecule has 0 spiro atoms. The standard InChI is InChI=1S/C18H25ClN2O3/c1-4-24-16-13-14(12-15(19)18(16)23-3)6-7-17(22)21-9-5-8-20(2)10-11-21/h6-7,12-13H,4-5,8-11H2,1-3H3/b7-6+. The normalized spacial score (nSPS) is 16.2. The molecule has 1 aliphatic rings. The van der Waals surface area contributed by atoms with Gasteiger partial charge in [0.2, 0.25) is 5.91 Å². The first-order valence-electron chi connectivity index (χ1n) is 8.21. The largest absolute Gasteiger partial charge is 0.491 e. The van der Waals surface area contributed by atoms with Crippen LogP contribution >= 0.6 is 11.6 Å². The molecule has 0 saturated carbocycles. The van der Waals surface area contributed by atoms with E-state index in [4.69, 9.17) is 21.1 Å². The van der Waals surface area contributed by atoms with Gasteiger partial charge in [-0.2, -0.15) is 0 Å². The highest BCUT2D eigenvalue weighted by molar-refractivity contribution is 6.32. The van der Waals surface area contributed by atoms with E-state index in [2.05, 4.69) is 11.9 Å². The highest BCUT2D eigenvalue weighted by Gasteiger charge is 2.15. The van der Waals surface area contributed by atoms with E-state index in [0.717, 1.165) is 38.2 Å².